The van der Waals surface area contributed by atoms with Crippen molar-refractivity contribution in [2.75, 3.05) is 12.3 Å². The standard InChI is InChI=1S/C16H19BrN2OS/c1-9-2-3-10(6-9)8-19-16(20)15-14(18)12-5-4-11(17)7-13(12)21-15/h4-5,7,9-10H,2-3,6,8,18H2,1H3,(H,19,20). The number of amides is 1. The number of carbonyl (C=O) groups excluding carboxylic acids is 1. The summed E-state index contributed by atoms with van der Waals surface area (Å²) < 4.78 is 2.05. The molecule has 3 rings (SSSR count). The fraction of sp³-hybridized carbons (Fsp3) is 0.438. The molecule has 1 heterocycles. The number of carbonyl (C=O) groups is 1. The van der Waals surface area contributed by atoms with Gasteiger partial charge in [0.05, 0.1) is 5.69 Å². The van der Waals surface area contributed by atoms with Gasteiger partial charge in [-0.25, -0.2) is 0 Å². The minimum absolute atomic E-state index is 0.0376. The van der Waals surface area contributed by atoms with Crippen LogP contribution < -0.4 is 11.1 Å². The largest absolute Gasteiger partial charge is 0.397 e. The predicted molar refractivity (Wildman–Crippen MR) is 92.8 cm³/mol. The van der Waals surface area contributed by atoms with Gasteiger partial charge < -0.3 is 11.1 Å². The highest BCUT2D eigenvalue weighted by molar-refractivity contribution is 9.10. The Bertz CT molecular complexity index is 682. The summed E-state index contributed by atoms with van der Waals surface area (Å²) in [5.74, 6) is 1.37. The van der Waals surface area contributed by atoms with Gasteiger partial charge in [-0.05, 0) is 36.8 Å². The molecule has 1 amide bonds. The minimum Gasteiger partial charge on any atom is -0.397 e. The number of hydrogen-bond donors (Lipinski definition) is 2. The number of nitrogens with two attached hydrogens (primary N) is 1. The van der Waals surface area contributed by atoms with E-state index in [0.29, 0.717) is 16.5 Å². The van der Waals surface area contributed by atoms with E-state index in [-0.39, 0.29) is 5.91 Å². The highest BCUT2D eigenvalue weighted by Gasteiger charge is 2.23. The molecule has 1 fully saturated rings. The number of nitrogen functional groups attached to an aromatic ring is 1. The van der Waals surface area contributed by atoms with Gasteiger partial charge in [-0.2, -0.15) is 0 Å². The van der Waals surface area contributed by atoms with Gasteiger partial charge in [0.1, 0.15) is 4.88 Å². The SMILES string of the molecule is CC1CCC(CNC(=O)c2sc3cc(Br)ccc3c2N)C1. The summed E-state index contributed by atoms with van der Waals surface area (Å²) in [7, 11) is 0. The number of fused-ring (bicyclic) bond motifs is 1. The second-order valence-corrected chi connectivity index (χ2v) is 7.95. The van der Waals surface area contributed by atoms with Crippen molar-refractivity contribution in [2.45, 2.75) is 26.2 Å². The molecule has 112 valence electrons. The normalized spacial score (nSPS) is 21.8. The molecule has 0 saturated heterocycles. The van der Waals surface area contributed by atoms with E-state index in [4.69, 9.17) is 5.73 Å². The number of hydrogen-bond acceptors (Lipinski definition) is 3. The second-order valence-electron chi connectivity index (χ2n) is 5.98. The lowest BCUT2D eigenvalue weighted by molar-refractivity contribution is 0.0952. The first-order chi connectivity index (χ1) is 10.0. The molecule has 3 nitrogen and oxygen atoms in total. The van der Waals surface area contributed by atoms with Crippen molar-refractivity contribution < 1.29 is 4.79 Å². The Labute approximate surface area is 137 Å². The first-order valence-corrected chi connectivity index (χ1v) is 8.91. The van der Waals surface area contributed by atoms with Crippen molar-refractivity contribution in [2.24, 2.45) is 11.8 Å². The lowest BCUT2D eigenvalue weighted by Gasteiger charge is -2.10. The van der Waals surface area contributed by atoms with Gasteiger partial charge in [0.25, 0.3) is 5.91 Å². The number of thiophene rings is 1. The minimum atomic E-state index is -0.0376. The van der Waals surface area contributed by atoms with Crippen LogP contribution in [-0.4, -0.2) is 12.5 Å². The van der Waals surface area contributed by atoms with Crippen LogP contribution in [-0.2, 0) is 0 Å². The zero-order chi connectivity index (χ0) is 15.0. The summed E-state index contributed by atoms with van der Waals surface area (Å²) in [6.07, 6.45) is 3.71. The van der Waals surface area contributed by atoms with Crippen LogP contribution in [0.5, 0.6) is 0 Å². The van der Waals surface area contributed by atoms with Crippen molar-refractivity contribution in [3.63, 3.8) is 0 Å². The van der Waals surface area contributed by atoms with Gasteiger partial charge in [0.15, 0.2) is 0 Å². The number of halogens is 1. The molecular weight excluding hydrogens is 348 g/mol. The Morgan fingerprint density at radius 2 is 2.29 bits per heavy atom. The van der Waals surface area contributed by atoms with Gasteiger partial charge in [-0.3, -0.25) is 4.79 Å². The molecule has 0 spiro atoms. The lowest BCUT2D eigenvalue weighted by Crippen LogP contribution is -2.28. The Hall–Kier alpha value is -1.07. The van der Waals surface area contributed by atoms with Gasteiger partial charge in [0, 0.05) is 21.1 Å². The van der Waals surface area contributed by atoms with Crippen molar-refractivity contribution in [3.05, 3.63) is 27.5 Å². The molecule has 0 bridgehead atoms. The summed E-state index contributed by atoms with van der Waals surface area (Å²) in [6.45, 7) is 3.05. The molecule has 3 N–H and O–H groups in total. The number of anilines is 1. The Morgan fingerprint density at radius 1 is 1.48 bits per heavy atom. The summed E-state index contributed by atoms with van der Waals surface area (Å²) in [5, 5.41) is 4.02. The summed E-state index contributed by atoms with van der Waals surface area (Å²) >= 11 is 4.91. The highest BCUT2D eigenvalue weighted by Crippen LogP contribution is 2.35. The number of nitrogens with one attached hydrogen (secondary N) is 1. The average Bonchev–Trinajstić information content (AvgIpc) is 3.00. The van der Waals surface area contributed by atoms with Crippen molar-refractivity contribution >= 4 is 48.9 Å². The third-order valence-electron chi connectivity index (χ3n) is 4.25. The molecule has 0 aliphatic heterocycles. The van der Waals surface area contributed by atoms with Gasteiger partial charge in [0.2, 0.25) is 0 Å². The fourth-order valence-electron chi connectivity index (χ4n) is 3.09. The molecule has 1 aromatic heterocycles. The van der Waals surface area contributed by atoms with E-state index in [0.717, 1.165) is 27.0 Å². The smallest absolute Gasteiger partial charge is 0.263 e. The van der Waals surface area contributed by atoms with E-state index < -0.39 is 0 Å². The van der Waals surface area contributed by atoms with E-state index in [1.165, 1.54) is 30.6 Å². The number of benzene rings is 1. The molecule has 1 aromatic carbocycles. The third kappa shape index (κ3) is 3.09. The number of rotatable bonds is 3. The second kappa shape index (κ2) is 5.97. The summed E-state index contributed by atoms with van der Waals surface area (Å²) in [5.41, 5.74) is 6.73. The highest BCUT2D eigenvalue weighted by atomic mass is 79.9. The molecule has 1 saturated carbocycles. The Morgan fingerprint density at radius 3 is 3.00 bits per heavy atom. The monoisotopic (exact) mass is 366 g/mol. The molecule has 1 aliphatic carbocycles. The van der Waals surface area contributed by atoms with Gasteiger partial charge >= 0.3 is 0 Å². The molecular formula is C16H19BrN2OS. The Kier molecular flexibility index (Phi) is 4.22. The van der Waals surface area contributed by atoms with Crippen molar-refractivity contribution in [1.82, 2.24) is 5.32 Å². The van der Waals surface area contributed by atoms with Gasteiger partial charge in [-0.1, -0.05) is 35.3 Å². The quantitative estimate of drug-likeness (QED) is 0.844. The third-order valence-corrected chi connectivity index (χ3v) is 5.91. The first-order valence-electron chi connectivity index (χ1n) is 7.30. The summed E-state index contributed by atoms with van der Waals surface area (Å²) in [6, 6.07) is 5.92. The van der Waals surface area contributed by atoms with E-state index in [2.05, 4.69) is 28.2 Å². The first kappa shape index (κ1) is 14.9. The zero-order valence-corrected chi connectivity index (χ0v) is 14.4. The van der Waals surface area contributed by atoms with Gasteiger partial charge in [-0.15, -0.1) is 11.3 Å². The lowest BCUT2D eigenvalue weighted by atomic mass is 10.1. The average molecular weight is 367 g/mol. The van der Waals surface area contributed by atoms with Crippen LogP contribution in [0.3, 0.4) is 0 Å². The van der Waals surface area contributed by atoms with Crippen LogP contribution in [0.4, 0.5) is 5.69 Å². The van der Waals surface area contributed by atoms with E-state index >= 15 is 0 Å². The van der Waals surface area contributed by atoms with E-state index in [1.807, 2.05) is 18.2 Å². The summed E-state index contributed by atoms with van der Waals surface area (Å²) in [4.78, 5) is 13.0. The van der Waals surface area contributed by atoms with Crippen LogP contribution >= 0.6 is 27.3 Å². The maximum absolute atomic E-state index is 12.4. The maximum Gasteiger partial charge on any atom is 0.263 e. The predicted octanol–water partition coefficient (Wildman–Crippen LogP) is 4.41. The molecule has 2 unspecified atom stereocenters. The molecule has 21 heavy (non-hydrogen) atoms. The molecule has 0 radical (unpaired) electrons. The zero-order valence-electron chi connectivity index (χ0n) is 12.0. The fourth-order valence-corrected chi connectivity index (χ4v) is 4.68. The molecule has 2 atom stereocenters. The maximum atomic E-state index is 12.4. The Balaban J connectivity index is 1.74. The van der Waals surface area contributed by atoms with Crippen LogP contribution in [0, 0.1) is 11.8 Å². The van der Waals surface area contributed by atoms with E-state index in [1.54, 1.807) is 0 Å². The van der Waals surface area contributed by atoms with E-state index in [9.17, 15) is 4.79 Å². The molecule has 1 aliphatic rings. The van der Waals surface area contributed by atoms with Crippen LogP contribution in [0.25, 0.3) is 10.1 Å². The molecule has 2 aromatic rings. The van der Waals surface area contributed by atoms with Crippen LogP contribution in [0.2, 0.25) is 0 Å². The van der Waals surface area contributed by atoms with Crippen LogP contribution in [0.1, 0.15) is 35.9 Å². The van der Waals surface area contributed by atoms with Crippen molar-refractivity contribution in [3.8, 4) is 0 Å². The topological polar surface area (TPSA) is 55.1 Å². The van der Waals surface area contributed by atoms with Crippen LogP contribution in [0.15, 0.2) is 22.7 Å². The van der Waals surface area contributed by atoms with Crippen molar-refractivity contribution in [1.29, 1.82) is 0 Å². The molecule has 5 heteroatoms.